The van der Waals surface area contributed by atoms with Gasteiger partial charge in [0.2, 0.25) is 0 Å². The van der Waals surface area contributed by atoms with Crippen LogP contribution in [-0.4, -0.2) is 241 Å². The van der Waals surface area contributed by atoms with Gasteiger partial charge < -0.3 is 111 Å². The Morgan fingerprint density at radius 1 is 0.638 bits per heavy atom. The third-order valence-corrected chi connectivity index (χ3v) is 6.79. The second-order valence-corrected chi connectivity index (χ2v) is 10.2. The topological polar surface area (TPSA) is 426 Å². The van der Waals surface area contributed by atoms with Gasteiger partial charge in [-0.05, 0) is 0 Å². The van der Waals surface area contributed by atoms with Crippen molar-refractivity contribution in [3.8, 4) is 0 Å². The number of rotatable bonds is 14. The zero-order valence-corrected chi connectivity index (χ0v) is 24.5. The molecule has 2 aliphatic heterocycles. The predicted molar refractivity (Wildman–Crippen MR) is 143 cm³/mol. The maximum Gasteiger partial charge on any atom is 0.189 e. The van der Waals surface area contributed by atoms with E-state index in [1.165, 1.54) is 0 Å². The molecule has 1 unspecified atom stereocenters. The molecule has 0 aromatic carbocycles. The molecular formula is C24H46O23. The highest BCUT2D eigenvalue weighted by Crippen LogP contribution is 2.28. The highest BCUT2D eigenvalue weighted by atomic mass is 16.7. The summed E-state index contributed by atoms with van der Waals surface area (Å²) in [5.41, 5.74) is 0. The molecule has 2 aliphatic rings. The zero-order chi connectivity index (χ0) is 36.8. The fourth-order valence-electron chi connectivity index (χ4n) is 3.79. The van der Waals surface area contributed by atoms with Gasteiger partial charge in [-0.15, -0.1) is 0 Å². The van der Waals surface area contributed by atoms with Crippen molar-refractivity contribution in [2.24, 2.45) is 0 Å². The molecule has 17 atom stereocenters. The summed E-state index contributed by atoms with van der Waals surface area (Å²) in [6.07, 6.45) is -27.6. The summed E-state index contributed by atoms with van der Waals surface area (Å²) in [5.74, 6) is -1.00. The average Bonchev–Trinajstić information content (AvgIpc) is 3.09. The third-order valence-electron chi connectivity index (χ3n) is 6.79. The van der Waals surface area contributed by atoms with Crippen LogP contribution in [0.5, 0.6) is 0 Å². The van der Waals surface area contributed by atoms with Gasteiger partial charge in [-0.25, -0.2) is 0 Å². The van der Waals surface area contributed by atoms with Crippen molar-refractivity contribution in [2.45, 2.75) is 104 Å². The molecule has 2 heterocycles. The summed E-state index contributed by atoms with van der Waals surface area (Å²) < 4.78 is 15.3. The van der Waals surface area contributed by atoms with Crippen LogP contribution in [0.2, 0.25) is 0 Å². The number of aldehydes is 1. The molecule has 0 aromatic heterocycles. The van der Waals surface area contributed by atoms with Crippen molar-refractivity contribution in [1.29, 1.82) is 0 Å². The highest BCUT2D eigenvalue weighted by molar-refractivity contribution is 5.84. The number of aliphatic hydroxyl groups is 18. The van der Waals surface area contributed by atoms with Crippen LogP contribution in [0.25, 0.3) is 0 Å². The van der Waals surface area contributed by atoms with E-state index in [0.717, 1.165) is 0 Å². The molecule has 0 saturated carbocycles. The van der Waals surface area contributed by atoms with Crippen LogP contribution in [0.15, 0.2) is 0 Å². The molecule has 0 aromatic rings. The average molecular weight is 703 g/mol. The van der Waals surface area contributed by atoms with Crippen LogP contribution in [-0.2, 0) is 23.8 Å². The molecule has 0 spiro atoms. The number of ether oxygens (including phenoxy) is 3. The summed E-state index contributed by atoms with van der Waals surface area (Å²) >= 11 is 0. The molecule has 23 nitrogen and oxygen atoms in total. The standard InChI is InChI=1S/C12H22O11.2C6H12O6/c13-1-3-5(15)6(16)9(19)12(22-3)23-10-4(2-14)21-11(20)8(18)7(10)17;2*7-1-3(9)5(11)6(12)4(10)2-8/h3-20H,1-2H2;3,5-9,11-12H,1-2H2;1,3-6,8-12H,2H2/t3-,4-,5+,6+,7-,8-,9-,10-,11?,12+;3-,5-,6-;3-,4+,5+,6+/m110/s1. The van der Waals surface area contributed by atoms with Crippen molar-refractivity contribution in [2.75, 3.05) is 33.0 Å². The second-order valence-electron chi connectivity index (χ2n) is 10.2. The quantitative estimate of drug-likeness (QED) is 0.0747. The Morgan fingerprint density at radius 3 is 1.60 bits per heavy atom. The number of hydrogen-bond donors (Lipinski definition) is 18. The van der Waals surface area contributed by atoms with Gasteiger partial charge in [0.05, 0.1) is 26.4 Å². The van der Waals surface area contributed by atoms with Gasteiger partial charge in [-0.1, -0.05) is 0 Å². The number of Topliss-reactive ketones (excluding diaryl/α,β-unsaturated/α-hetero) is 1. The van der Waals surface area contributed by atoms with Crippen LogP contribution in [0.1, 0.15) is 0 Å². The lowest BCUT2D eigenvalue weighted by atomic mass is 9.97. The van der Waals surface area contributed by atoms with Gasteiger partial charge in [0.1, 0.15) is 98.2 Å². The molecule has 0 radical (unpaired) electrons. The van der Waals surface area contributed by atoms with E-state index >= 15 is 0 Å². The number of aliphatic hydroxyl groups excluding tert-OH is 18. The van der Waals surface area contributed by atoms with Gasteiger partial charge in [-0.2, -0.15) is 0 Å². The van der Waals surface area contributed by atoms with Gasteiger partial charge >= 0.3 is 0 Å². The molecule has 2 rings (SSSR count). The maximum absolute atomic E-state index is 10.5. The molecule has 47 heavy (non-hydrogen) atoms. The minimum atomic E-state index is -1.86. The van der Waals surface area contributed by atoms with Crippen molar-refractivity contribution in [3.05, 3.63) is 0 Å². The first-order chi connectivity index (χ1) is 21.9. The molecule has 2 fully saturated rings. The SMILES string of the molecule is O=C(CO)[C@@H](O)[C@H](O)[C@H](O)CO.O=C[C@H](O)[C@@H](O)[C@H](O)[C@H](O)CO.OC[C@H]1O[C@@H](O[C@H]2[C@H](O)[C@@H](O)C(O)O[C@@H]2CO)[C@H](O)[C@@H](O)[C@H]1O. The molecule has 2 saturated heterocycles. The molecule has 0 aliphatic carbocycles. The summed E-state index contributed by atoms with van der Waals surface area (Å²) in [4.78, 5) is 20.4. The van der Waals surface area contributed by atoms with Gasteiger partial charge in [0, 0.05) is 0 Å². The van der Waals surface area contributed by atoms with Crippen LogP contribution < -0.4 is 0 Å². The number of carbonyl (C=O) groups is 2. The first-order valence-electron chi connectivity index (χ1n) is 13.7. The molecule has 0 bridgehead atoms. The second kappa shape index (κ2) is 22.3. The Bertz CT molecular complexity index is 865. The van der Waals surface area contributed by atoms with E-state index in [1.54, 1.807) is 0 Å². The Balaban J connectivity index is 0.000000749. The number of ketones is 1. The van der Waals surface area contributed by atoms with E-state index in [4.69, 9.17) is 70.4 Å². The monoisotopic (exact) mass is 702 g/mol. The lowest BCUT2D eigenvalue weighted by molar-refractivity contribution is -0.355. The molecule has 18 N–H and O–H groups in total. The van der Waals surface area contributed by atoms with Crippen LogP contribution in [0.4, 0.5) is 0 Å². The fourth-order valence-corrected chi connectivity index (χ4v) is 3.79. The molecule has 280 valence electrons. The van der Waals surface area contributed by atoms with E-state index in [2.05, 4.69) is 0 Å². The third kappa shape index (κ3) is 13.0. The normalized spacial score (nSPS) is 35.4. The van der Waals surface area contributed by atoms with Crippen molar-refractivity contribution < 1.29 is 116 Å². The summed E-state index contributed by atoms with van der Waals surface area (Å²) in [5, 5.41) is 163. The minimum Gasteiger partial charge on any atom is -0.394 e. The highest BCUT2D eigenvalue weighted by Gasteiger charge is 2.50. The number of hydrogen-bond acceptors (Lipinski definition) is 23. The van der Waals surface area contributed by atoms with E-state index in [-0.39, 0.29) is 6.29 Å². The Hall–Kier alpha value is -1.50. The Kier molecular flexibility index (Phi) is 21.6. The minimum absolute atomic E-state index is 0.0258. The number of carbonyl (C=O) groups excluding carboxylic acids is 2. The van der Waals surface area contributed by atoms with E-state index in [1.807, 2.05) is 0 Å². The zero-order valence-electron chi connectivity index (χ0n) is 24.5. The van der Waals surface area contributed by atoms with E-state index in [0.29, 0.717) is 0 Å². The molecular weight excluding hydrogens is 656 g/mol. The van der Waals surface area contributed by atoms with Crippen LogP contribution in [0, 0.1) is 0 Å². The van der Waals surface area contributed by atoms with Gasteiger partial charge in [0.15, 0.2) is 24.6 Å². The largest absolute Gasteiger partial charge is 0.394 e. The van der Waals surface area contributed by atoms with E-state index in [9.17, 15) is 45.3 Å². The van der Waals surface area contributed by atoms with Crippen LogP contribution >= 0.6 is 0 Å². The summed E-state index contributed by atoms with van der Waals surface area (Å²) in [6.45, 7) is -3.79. The van der Waals surface area contributed by atoms with Gasteiger partial charge in [0.25, 0.3) is 0 Å². The van der Waals surface area contributed by atoms with E-state index < -0.39 is 143 Å². The maximum atomic E-state index is 10.5. The Labute approximate surface area is 265 Å². The van der Waals surface area contributed by atoms with Crippen LogP contribution in [0.3, 0.4) is 0 Å². The summed E-state index contributed by atoms with van der Waals surface area (Å²) in [7, 11) is 0. The Morgan fingerprint density at radius 2 is 1.15 bits per heavy atom. The fraction of sp³-hybridized carbons (Fsp3) is 0.917. The van der Waals surface area contributed by atoms with Crippen molar-refractivity contribution in [1.82, 2.24) is 0 Å². The first kappa shape index (κ1) is 45.5. The lowest BCUT2D eigenvalue weighted by Crippen LogP contribution is -2.64. The lowest BCUT2D eigenvalue weighted by Gasteiger charge is -2.45. The predicted octanol–water partition coefficient (Wildman–Crippen LogP) is -12.2. The van der Waals surface area contributed by atoms with Crippen molar-refractivity contribution in [3.63, 3.8) is 0 Å². The smallest absolute Gasteiger partial charge is 0.189 e. The van der Waals surface area contributed by atoms with Gasteiger partial charge in [-0.3, -0.25) is 4.79 Å². The molecule has 0 amide bonds. The summed E-state index contributed by atoms with van der Waals surface area (Å²) in [6, 6.07) is 0. The molecule has 23 heteroatoms. The van der Waals surface area contributed by atoms with Crippen molar-refractivity contribution >= 4 is 12.1 Å². The first-order valence-corrected chi connectivity index (χ1v) is 13.7.